The summed E-state index contributed by atoms with van der Waals surface area (Å²) in [5, 5.41) is 3.98. The van der Waals surface area contributed by atoms with Gasteiger partial charge >= 0.3 is 0 Å². The summed E-state index contributed by atoms with van der Waals surface area (Å²) in [6.45, 7) is 8.83. The molecular weight excluding hydrogens is 420 g/mol. The highest BCUT2D eigenvalue weighted by molar-refractivity contribution is 9.10. The summed E-state index contributed by atoms with van der Waals surface area (Å²) >= 11 is 3.54. The number of nitrogens with one attached hydrogen (secondary N) is 1. The van der Waals surface area contributed by atoms with E-state index in [4.69, 9.17) is 9.47 Å². The van der Waals surface area contributed by atoms with E-state index in [1.165, 1.54) is 0 Å². The van der Waals surface area contributed by atoms with Gasteiger partial charge in [0.1, 0.15) is 11.5 Å². The Labute approximate surface area is 175 Å². The van der Waals surface area contributed by atoms with E-state index in [9.17, 15) is 4.79 Å². The van der Waals surface area contributed by atoms with E-state index in [1.54, 1.807) is 6.21 Å². The molecule has 0 aliphatic heterocycles. The molecule has 28 heavy (non-hydrogen) atoms. The van der Waals surface area contributed by atoms with Crippen LogP contribution in [0.3, 0.4) is 0 Å². The van der Waals surface area contributed by atoms with E-state index in [0.717, 1.165) is 39.1 Å². The monoisotopic (exact) mass is 446 g/mol. The Morgan fingerprint density at radius 2 is 1.93 bits per heavy atom. The molecule has 0 aliphatic rings. The topological polar surface area (TPSA) is 59.9 Å². The van der Waals surface area contributed by atoms with Crippen LogP contribution in [-0.2, 0) is 4.79 Å². The van der Waals surface area contributed by atoms with Crippen LogP contribution >= 0.6 is 15.9 Å². The molecule has 0 saturated carbocycles. The Hall–Kier alpha value is -2.34. The summed E-state index contributed by atoms with van der Waals surface area (Å²) in [5.74, 6) is 1.52. The number of amides is 1. The van der Waals surface area contributed by atoms with Crippen molar-refractivity contribution >= 4 is 28.1 Å². The van der Waals surface area contributed by atoms with Gasteiger partial charge in [0.15, 0.2) is 6.61 Å². The first-order valence-corrected chi connectivity index (χ1v) is 10.2. The molecule has 0 fully saturated rings. The van der Waals surface area contributed by atoms with Crippen LogP contribution in [0.25, 0.3) is 0 Å². The zero-order valence-electron chi connectivity index (χ0n) is 16.8. The summed E-state index contributed by atoms with van der Waals surface area (Å²) < 4.78 is 12.3. The molecule has 0 aromatic heterocycles. The maximum absolute atomic E-state index is 12.0. The normalized spacial score (nSPS) is 11.1. The number of aryl methyl sites for hydroxylation is 1. The van der Waals surface area contributed by atoms with Crippen LogP contribution in [-0.4, -0.2) is 25.3 Å². The number of halogens is 1. The van der Waals surface area contributed by atoms with E-state index >= 15 is 0 Å². The van der Waals surface area contributed by atoms with Crippen LogP contribution in [0.1, 0.15) is 49.8 Å². The third-order valence-electron chi connectivity index (χ3n) is 4.03. The van der Waals surface area contributed by atoms with Gasteiger partial charge in [-0.1, -0.05) is 36.7 Å². The lowest BCUT2D eigenvalue weighted by atomic mass is 10.0. The van der Waals surface area contributed by atoms with E-state index in [0.29, 0.717) is 6.61 Å². The Balaban J connectivity index is 1.88. The highest BCUT2D eigenvalue weighted by Crippen LogP contribution is 2.32. The van der Waals surface area contributed by atoms with E-state index in [-0.39, 0.29) is 18.4 Å². The van der Waals surface area contributed by atoms with Crippen LogP contribution in [0.5, 0.6) is 11.5 Å². The summed E-state index contributed by atoms with van der Waals surface area (Å²) in [6.07, 6.45) is 2.56. The fraction of sp³-hybridized carbons (Fsp3) is 0.364. The number of rotatable bonds is 9. The third kappa shape index (κ3) is 6.68. The number of ether oxygens (including phenoxy) is 2. The van der Waals surface area contributed by atoms with Gasteiger partial charge in [-0.2, -0.15) is 5.10 Å². The van der Waals surface area contributed by atoms with Crippen molar-refractivity contribution in [3.63, 3.8) is 0 Å². The lowest BCUT2D eigenvalue weighted by molar-refractivity contribution is -0.123. The minimum absolute atomic E-state index is 0.0953. The molecule has 0 heterocycles. The molecule has 0 unspecified atom stereocenters. The Morgan fingerprint density at radius 1 is 1.21 bits per heavy atom. The number of carbonyl (C=O) groups excluding carboxylic acids is 1. The smallest absolute Gasteiger partial charge is 0.277 e. The van der Waals surface area contributed by atoms with Gasteiger partial charge in [0, 0.05) is 4.47 Å². The molecule has 5 nitrogen and oxygen atoms in total. The molecule has 0 aliphatic carbocycles. The summed E-state index contributed by atoms with van der Waals surface area (Å²) in [7, 11) is 0. The zero-order chi connectivity index (χ0) is 20.5. The molecular formula is C22H27BrN2O3. The van der Waals surface area contributed by atoms with Gasteiger partial charge in [0.05, 0.1) is 12.8 Å². The lowest BCUT2D eigenvalue weighted by Crippen LogP contribution is -2.25. The van der Waals surface area contributed by atoms with Crippen molar-refractivity contribution in [2.75, 3.05) is 13.2 Å². The van der Waals surface area contributed by atoms with Gasteiger partial charge in [0.2, 0.25) is 0 Å². The highest BCUT2D eigenvalue weighted by atomic mass is 79.9. The van der Waals surface area contributed by atoms with E-state index < -0.39 is 0 Å². The standard InChI is InChI=1S/C22H27BrN2O3/c1-5-10-27-18-8-6-17(7-9-18)13-24-25-22(26)14-28-21-11-16(4)20(23)12-19(21)15(2)3/h6-9,11-13,15H,5,10,14H2,1-4H3,(H,25,26)/b24-13+. The van der Waals surface area contributed by atoms with Crippen molar-refractivity contribution in [1.29, 1.82) is 0 Å². The molecule has 0 atom stereocenters. The molecule has 2 rings (SSSR count). The summed E-state index contributed by atoms with van der Waals surface area (Å²) in [6, 6.07) is 11.5. The van der Waals surface area contributed by atoms with E-state index in [2.05, 4.69) is 47.2 Å². The van der Waals surface area contributed by atoms with Gasteiger partial charge in [-0.15, -0.1) is 0 Å². The molecule has 0 radical (unpaired) electrons. The first-order chi connectivity index (χ1) is 13.4. The Kier molecular flexibility index (Phi) is 8.51. The van der Waals surface area contributed by atoms with Crippen LogP contribution in [0, 0.1) is 6.92 Å². The lowest BCUT2D eigenvalue weighted by Gasteiger charge is -2.15. The Morgan fingerprint density at radius 3 is 2.57 bits per heavy atom. The van der Waals surface area contributed by atoms with Crippen molar-refractivity contribution in [1.82, 2.24) is 5.43 Å². The minimum atomic E-state index is -0.311. The van der Waals surface area contributed by atoms with Crippen molar-refractivity contribution in [3.8, 4) is 11.5 Å². The van der Waals surface area contributed by atoms with Gasteiger partial charge in [0.25, 0.3) is 5.91 Å². The quantitative estimate of drug-likeness (QED) is 0.425. The number of nitrogens with zero attached hydrogens (tertiary/aromatic N) is 1. The van der Waals surface area contributed by atoms with Crippen LogP contribution in [0.2, 0.25) is 0 Å². The fourth-order valence-corrected chi connectivity index (χ4v) is 2.83. The molecule has 1 amide bonds. The van der Waals surface area contributed by atoms with Crippen LogP contribution in [0.15, 0.2) is 46.0 Å². The van der Waals surface area contributed by atoms with Crippen molar-refractivity contribution in [3.05, 3.63) is 57.6 Å². The molecule has 6 heteroatoms. The molecule has 0 bridgehead atoms. The number of hydrogen-bond acceptors (Lipinski definition) is 4. The number of benzene rings is 2. The zero-order valence-corrected chi connectivity index (χ0v) is 18.4. The van der Waals surface area contributed by atoms with E-state index in [1.807, 2.05) is 43.3 Å². The van der Waals surface area contributed by atoms with Gasteiger partial charge in [-0.05, 0) is 72.4 Å². The first kappa shape index (κ1) is 22.0. The second kappa shape index (κ2) is 10.9. The largest absolute Gasteiger partial charge is 0.494 e. The maximum Gasteiger partial charge on any atom is 0.277 e. The second-order valence-corrected chi connectivity index (χ2v) is 7.65. The first-order valence-electron chi connectivity index (χ1n) is 9.38. The van der Waals surface area contributed by atoms with Gasteiger partial charge < -0.3 is 9.47 Å². The number of hydrazone groups is 1. The molecule has 2 aromatic rings. The molecule has 150 valence electrons. The highest BCUT2D eigenvalue weighted by Gasteiger charge is 2.12. The van der Waals surface area contributed by atoms with Crippen molar-refractivity contribution < 1.29 is 14.3 Å². The summed E-state index contributed by atoms with van der Waals surface area (Å²) in [4.78, 5) is 12.0. The number of hydrogen-bond donors (Lipinski definition) is 1. The van der Waals surface area contributed by atoms with Crippen molar-refractivity contribution in [2.24, 2.45) is 5.10 Å². The Bertz CT molecular complexity index is 817. The molecule has 1 N–H and O–H groups in total. The van der Waals surface area contributed by atoms with Gasteiger partial charge in [-0.25, -0.2) is 5.43 Å². The van der Waals surface area contributed by atoms with Crippen LogP contribution < -0.4 is 14.9 Å². The van der Waals surface area contributed by atoms with Crippen molar-refractivity contribution in [2.45, 2.75) is 40.0 Å². The van der Waals surface area contributed by atoms with Crippen LogP contribution in [0.4, 0.5) is 0 Å². The predicted molar refractivity (Wildman–Crippen MR) is 116 cm³/mol. The second-order valence-electron chi connectivity index (χ2n) is 6.79. The number of carbonyl (C=O) groups is 1. The SMILES string of the molecule is CCCOc1ccc(/C=N/NC(=O)COc2cc(C)c(Br)cc2C(C)C)cc1. The molecule has 0 saturated heterocycles. The molecule has 2 aromatic carbocycles. The summed E-state index contributed by atoms with van der Waals surface area (Å²) in [5.41, 5.74) is 5.48. The van der Waals surface area contributed by atoms with Gasteiger partial charge in [-0.3, -0.25) is 4.79 Å². The maximum atomic E-state index is 12.0. The minimum Gasteiger partial charge on any atom is -0.494 e. The predicted octanol–water partition coefficient (Wildman–Crippen LogP) is 5.20. The average molecular weight is 447 g/mol. The third-order valence-corrected chi connectivity index (χ3v) is 4.88. The molecule has 0 spiro atoms. The fourth-order valence-electron chi connectivity index (χ4n) is 2.47. The average Bonchev–Trinajstić information content (AvgIpc) is 2.67.